The highest BCUT2D eigenvalue weighted by Gasteiger charge is 2.20. The number of hydrogen-bond donors (Lipinski definition) is 1. The van der Waals surface area contributed by atoms with Gasteiger partial charge < -0.3 is 10.5 Å². The first-order chi connectivity index (χ1) is 9.45. The number of ether oxygens (including phenoxy) is 1. The number of nitrogens with two attached hydrogens (primary N) is 1. The summed E-state index contributed by atoms with van der Waals surface area (Å²) in [6.45, 7) is 3.71. The number of anilines is 1. The van der Waals surface area contributed by atoms with E-state index in [2.05, 4.69) is 0 Å². The Bertz CT molecular complexity index is 663. The molecule has 0 spiro atoms. The fourth-order valence-corrected chi connectivity index (χ4v) is 2.29. The molecule has 0 aliphatic carbocycles. The van der Waals surface area contributed by atoms with Crippen LogP contribution in [0.1, 0.15) is 27.0 Å². The van der Waals surface area contributed by atoms with Crippen LogP contribution in [0.25, 0.3) is 0 Å². The van der Waals surface area contributed by atoms with Gasteiger partial charge in [-0.3, -0.25) is 4.79 Å². The van der Waals surface area contributed by atoms with E-state index in [0.29, 0.717) is 27.6 Å². The summed E-state index contributed by atoms with van der Waals surface area (Å²) in [5.74, 6) is 0.410. The van der Waals surface area contributed by atoms with Crippen molar-refractivity contribution in [1.29, 1.82) is 0 Å². The highest BCUT2D eigenvalue weighted by atomic mass is 35.5. The number of nitrogen functional groups attached to an aromatic ring is 1. The molecule has 2 N–H and O–H groups in total. The Balaban J connectivity index is 2.59. The van der Waals surface area contributed by atoms with E-state index in [4.69, 9.17) is 22.1 Å². The second kappa shape index (κ2) is 5.55. The van der Waals surface area contributed by atoms with Crippen LogP contribution < -0.4 is 10.5 Å². The third-order valence-corrected chi connectivity index (χ3v) is 3.85. The van der Waals surface area contributed by atoms with Crippen LogP contribution >= 0.6 is 11.6 Å². The predicted molar refractivity (Wildman–Crippen MR) is 81.8 cm³/mol. The molecule has 20 heavy (non-hydrogen) atoms. The number of aryl methyl sites for hydroxylation is 1. The third kappa shape index (κ3) is 2.49. The van der Waals surface area contributed by atoms with Crippen LogP contribution in [0, 0.1) is 13.8 Å². The van der Waals surface area contributed by atoms with Gasteiger partial charge in [-0.2, -0.15) is 0 Å². The van der Waals surface area contributed by atoms with Crippen molar-refractivity contribution in [2.24, 2.45) is 0 Å². The van der Waals surface area contributed by atoms with Gasteiger partial charge in [-0.05, 0) is 55.3 Å². The average molecular weight is 290 g/mol. The summed E-state index contributed by atoms with van der Waals surface area (Å²) in [5.41, 5.74) is 8.92. The zero-order valence-corrected chi connectivity index (χ0v) is 12.4. The minimum atomic E-state index is -0.124. The van der Waals surface area contributed by atoms with Gasteiger partial charge in [-0.1, -0.05) is 11.6 Å². The maximum absolute atomic E-state index is 12.6. The first-order valence-corrected chi connectivity index (χ1v) is 6.57. The Labute approximate surface area is 123 Å². The SMILES string of the molecule is COc1cc(C)c(Cl)c(C)c1C(=O)c1ccc(N)cc1. The molecule has 0 bridgehead atoms. The fraction of sp³-hybridized carbons (Fsp3) is 0.188. The van der Waals surface area contributed by atoms with E-state index >= 15 is 0 Å². The normalized spacial score (nSPS) is 10.4. The smallest absolute Gasteiger partial charge is 0.197 e. The van der Waals surface area contributed by atoms with Crippen LogP contribution in [0.5, 0.6) is 5.75 Å². The van der Waals surface area contributed by atoms with E-state index in [-0.39, 0.29) is 5.78 Å². The van der Waals surface area contributed by atoms with Gasteiger partial charge in [0.25, 0.3) is 0 Å². The van der Waals surface area contributed by atoms with Gasteiger partial charge >= 0.3 is 0 Å². The van der Waals surface area contributed by atoms with Crippen LogP contribution in [0.4, 0.5) is 5.69 Å². The first-order valence-electron chi connectivity index (χ1n) is 6.19. The van der Waals surface area contributed by atoms with E-state index in [0.717, 1.165) is 11.1 Å². The van der Waals surface area contributed by atoms with E-state index in [9.17, 15) is 4.79 Å². The van der Waals surface area contributed by atoms with Crippen molar-refractivity contribution in [2.75, 3.05) is 12.8 Å². The van der Waals surface area contributed by atoms with Gasteiger partial charge in [0.05, 0.1) is 12.7 Å². The van der Waals surface area contributed by atoms with Gasteiger partial charge in [0, 0.05) is 16.3 Å². The largest absolute Gasteiger partial charge is 0.496 e. The molecule has 0 aliphatic rings. The molecule has 0 amide bonds. The number of ketones is 1. The van der Waals surface area contributed by atoms with Crippen molar-refractivity contribution in [3.63, 3.8) is 0 Å². The molecule has 0 fully saturated rings. The fourth-order valence-electron chi connectivity index (χ4n) is 2.14. The maximum Gasteiger partial charge on any atom is 0.197 e. The van der Waals surface area contributed by atoms with Crippen LogP contribution in [0.2, 0.25) is 5.02 Å². The lowest BCUT2D eigenvalue weighted by Crippen LogP contribution is -2.08. The highest BCUT2D eigenvalue weighted by Crippen LogP contribution is 2.33. The standard InChI is InChI=1S/C16H16ClNO2/c1-9-8-13(20-3)14(10(2)15(9)17)16(19)11-4-6-12(18)7-5-11/h4-8H,18H2,1-3H3. The highest BCUT2D eigenvalue weighted by molar-refractivity contribution is 6.33. The van der Waals surface area contributed by atoms with Gasteiger partial charge in [0.2, 0.25) is 0 Å². The summed E-state index contributed by atoms with van der Waals surface area (Å²) < 4.78 is 5.32. The number of benzene rings is 2. The number of hydrogen-bond acceptors (Lipinski definition) is 3. The maximum atomic E-state index is 12.6. The van der Waals surface area contributed by atoms with Gasteiger partial charge in [0.1, 0.15) is 5.75 Å². The molecule has 0 saturated heterocycles. The Hall–Kier alpha value is -2.00. The Morgan fingerprint density at radius 1 is 1.20 bits per heavy atom. The second-order valence-electron chi connectivity index (χ2n) is 4.66. The van der Waals surface area contributed by atoms with Crippen molar-refractivity contribution in [1.82, 2.24) is 0 Å². The van der Waals surface area contributed by atoms with Gasteiger partial charge in [0.15, 0.2) is 5.78 Å². The molecule has 104 valence electrons. The van der Waals surface area contributed by atoms with E-state index in [1.165, 1.54) is 0 Å². The minimum absolute atomic E-state index is 0.124. The molecular weight excluding hydrogens is 274 g/mol. The van der Waals surface area contributed by atoms with Crippen LogP contribution in [0.15, 0.2) is 30.3 Å². The van der Waals surface area contributed by atoms with Crippen molar-refractivity contribution in [3.8, 4) is 5.75 Å². The zero-order valence-electron chi connectivity index (χ0n) is 11.7. The second-order valence-corrected chi connectivity index (χ2v) is 5.04. The third-order valence-electron chi connectivity index (χ3n) is 3.26. The van der Waals surface area contributed by atoms with Gasteiger partial charge in [-0.15, -0.1) is 0 Å². The summed E-state index contributed by atoms with van der Waals surface area (Å²) in [5, 5.41) is 0.588. The van der Waals surface area contributed by atoms with Crippen molar-refractivity contribution < 1.29 is 9.53 Å². The summed E-state index contributed by atoms with van der Waals surface area (Å²) in [6.07, 6.45) is 0. The molecule has 0 atom stereocenters. The van der Waals surface area contributed by atoms with Gasteiger partial charge in [-0.25, -0.2) is 0 Å². The molecule has 0 saturated carbocycles. The molecule has 2 rings (SSSR count). The molecule has 4 heteroatoms. The summed E-state index contributed by atoms with van der Waals surface area (Å²) in [4.78, 5) is 12.6. The number of halogens is 1. The van der Waals surface area contributed by atoms with Crippen LogP contribution in [0.3, 0.4) is 0 Å². The lowest BCUT2D eigenvalue weighted by molar-refractivity contribution is 0.103. The molecule has 0 radical (unpaired) electrons. The van der Waals surface area contributed by atoms with Crippen molar-refractivity contribution >= 4 is 23.1 Å². The monoisotopic (exact) mass is 289 g/mol. The lowest BCUT2D eigenvalue weighted by atomic mass is 9.96. The molecule has 0 aromatic heterocycles. The summed E-state index contributed by atoms with van der Waals surface area (Å²) in [7, 11) is 1.54. The molecular formula is C16H16ClNO2. The molecule has 2 aromatic carbocycles. The summed E-state index contributed by atoms with van der Waals surface area (Å²) in [6, 6.07) is 8.57. The number of rotatable bonds is 3. The number of methoxy groups -OCH3 is 1. The molecule has 0 unspecified atom stereocenters. The number of carbonyl (C=O) groups is 1. The van der Waals surface area contributed by atoms with Crippen molar-refractivity contribution in [3.05, 3.63) is 57.6 Å². The van der Waals surface area contributed by atoms with E-state index < -0.39 is 0 Å². The van der Waals surface area contributed by atoms with E-state index in [1.807, 2.05) is 13.8 Å². The molecule has 0 heterocycles. The van der Waals surface area contributed by atoms with Crippen molar-refractivity contribution in [2.45, 2.75) is 13.8 Å². The Kier molecular flexibility index (Phi) is 4.00. The first kappa shape index (κ1) is 14.4. The number of carbonyl (C=O) groups excluding carboxylic acids is 1. The average Bonchev–Trinajstić information content (AvgIpc) is 2.44. The lowest BCUT2D eigenvalue weighted by Gasteiger charge is -2.14. The van der Waals surface area contributed by atoms with Crippen LogP contribution in [-0.2, 0) is 0 Å². The predicted octanol–water partition coefficient (Wildman–Crippen LogP) is 3.78. The Morgan fingerprint density at radius 3 is 2.35 bits per heavy atom. The molecule has 2 aromatic rings. The minimum Gasteiger partial charge on any atom is -0.496 e. The van der Waals surface area contributed by atoms with Crippen LogP contribution in [-0.4, -0.2) is 12.9 Å². The Morgan fingerprint density at radius 2 is 1.80 bits per heavy atom. The molecule has 3 nitrogen and oxygen atoms in total. The summed E-state index contributed by atoms with van der Waals surface area (Å²) >= 11 is 6.24. The molecule has 0 aliphatic heterocycles. The topological polar surface area (TPSA) is 52.3 Å². The zero-order chi connectivity index (χ0) is 14.9. The van der Waals surface area contributed by atoms with E-state index in [1.54, 1.807) is 37.4 Å². The quantitative estimate of drug-likeness (QED) is 0.691.